The first kappa shape index (κ1) is 16.3. The van der Waals surface area contributed by atoms with Crippen LogP contribution in [0.4, 0.5) is 0 Å². The van der Waals surface area contributed by atoms with E-state index in [9.17, 15) is 4.79 Å². The maximum Gasteiger partial charge on any atom is 0.237 e. The number of nitrogens with one attached hydrogen (secondary N) is 2. The zero-order valence-corrected chi connectivity index (χ0v) is 11.8. The van der Waals surface area contributed by atoms with E-state index in [-0.39, 0.29) is 11.9 Å². The predicted octanol–water partition coefficient (Wildman–Crippen LogP) is -1.91. The van der Waals surface area contributed by atoms with Gasteiger partial charge in [0.2, 0.25) is 5.91 Å². The predicted molar refractivity (Wildman–Crippen MR) is 76.0 cm³/mol. The molecule has 112 valence electrons. The molecule has 0 aromatic heterocycles. The maximum atomic E-state index is 11.9. The van der Waals surface area contributed by atoms with Crippen LogP contribution < -0.4 is 27.8 Å². The second kappa shape index (κ2) is 8.44. The molecule has 0 radical (unpaired) electrons. The third-order valence-corrected chi connectivity index (χ3v) is 3.47. The lowest BCUT2D eigenvalue weighted by molar-refractivity contribution is -0.123. The minimum absolute atomic E-state index is 0.0494. The standard InChI is InChI=1S/C12H28N6O/c1-18-7-4-9(5-8-18)17-11(19)10(13)3-2-6-16-12(14)15/h9-10,12,16H,2-8,13-15H2,1H3,(H,17,19). The Morgan fingerprint density at radius 1 is 1.32 bits per heavy atom. The van der Waals surface area contributed by atoms with E-state index in [0.29, 0.717) is 13.0 Å². The van der Waals surface area contributed by atoms with Gasteiger partial charge in [-0.3, -0.25) is 10.1 Å². The van der Waals surface area contributed by atoms with Crippen molar-refractivity contribution in [3.05, 3.63) is 0 Å². The zero-order valence-electron chi connectivity index (χ0n) is 11.8. The van der Waals surface area contributed by atoms with Crippen LogP contribution >= 0.6 is 0 Å². The maximum absolute atomic E-state index is 11.9. The van der Waals surface area contributed by atoms with Gasteiger partial charge in [-0.2, -0.15) is 0 Å². The van der Waals surface area contributed by atoms with Gasteiger partial charge in [-0.1, -0.05) is 0 Å². The Morgan fingerprint density at radius 3 is 2.53 bits per heavy atom. The van der Waals surface area contributed by atoms with Crippen LogP contribution in [0.25, 0.3) is 0 Å². The number of piperidine rings is 1. The van der Waals surface area contributed by atoms with Crippen LogP contribution in [0.2, 0.25) is 0 Å². The number of carbonyl (C=O) groups excluding carboxylic acids is 1. The number of carbonyl (C=O) groups is 1. The van der Waals surface area contributed by atoms with Crippen molar-refractivity contribution < 1.29 is 4.79 Å². The Balaban J connectivity index is 2.14. The van der Waals surface area contributed by atoms with Gasteiger partial charge in [0.25, 0.3) is 0 Å². The number of nitrogens with zero attached hydrogens (tertiary/aromatic N) is 1. The molecule has 0 bridgehead atoms. The van der Waals surface area contributed by atoms with Gasteiger partial charge in [-0.05, 0) is 52.4 Å². The average molecular weight is 272 g/mol. The third-order valence-electron chi connectivity index (χ3n) is 3.47. The fourth-order valence-electron chi connectivity index (χ4n) is 2.18. The monoisotopic (exact) mass is 272 g/mol. The molecule has 1 saturated heterocycles. The van der Waals surface area contributed by atoms with Crippen LogP contribution in [0.3, 0.4) is 0 Å². The van der Waals surface area contributed by atoms with E-state index < -0.39 is 12.3 Å². The Bertz CT molecular complexity index is 265. The van der Waals surface area contributed by atoms with Gasteiger partial charge < -0.3 is 27.4 Å². The summed E-state index contributed by atoms with van der Waals surface area (Å²) >= 11 is 0. The molecule has 1 fully saturated rings. The van der Waals surface area contributed by atoms with Crippen molar-refractivity contribution in [1.29, 1.82) is 0 Å². The Morgan fingerprint density at radius 2 is 1.95 bits per heavy atom. The molecule has 1 aliphatic rings. The SMILES string of the molecule is CN1CCC(NC(=O)C(N)CCCNC(N)N)CC1. The molecule has 1 aliphatic heterocycles. The number of nitrogens with two attached hydrogens (primary N) is 3. The minimum Gasteiger partial charge on any atom is -0.352 e. The Kier molecular flexibility index (Phi) is 7.25. The first-order valence-corrected chi connectivity index (χ1v) is 6.98. The minimum atomic E-state index is -0.510. The average Bonchev–Trinajstić information content (AvgIpc) is 2.36. The largest absolute Gasteiger partial charge is 0.352 e. The van der Waals surface area contributed by atoms with Crippen LogP contribution in [-0.4, -0.2) is 55.9 Å². The van der Waals surface area contributed by atoms with Crippen molar-refractivity contribution >= 4 is 5.91 Å². The van der Waals surface area contributed by atoms with Crippen molar-refractivity contribution in [3.8, 4) is 0 Å². The van der Waals surface area contributed by atoms with Gasteiger partial charge in [0, 0.05) is 6.04 Å². The number of hydrogen-bond donors (Lipinski definition) is 5. The van der Waals surface area contributed by atoms with Crippen molar-refractivity contribution in [2.75, 3.05) is 26.7 Å². The first-order valence-electron chi connectivity index (χ1n) is 6.98. The van der Waals surface area contributed by atoms with Gasteiger partial charge in [-0.25, -0.2) is 0 Å². The van der Waals surface area contributed by atoms with Gasteiger partial charge in [-0.15, -0.1) is 0 Å². The van der Waals surface area contributed by atoms with Crippen molar-refractivity contribution in [2.45, 2.75) is 44.1 Å². The second-order valence-corrected chi connectivity index (χ2v) is 5.31. The summed E-state index contributed by atoms with van der Waals surface area (Å²) in [7, 11) is 2.10. The molecule has 7 heteroatoms. The lowest BCUT2D eigenvalue weighted by Gasteiger charge is -2.30. The van der Waals surface area contributed by atoms with Gasteiger partial charge in [0.05, 0.1) is 6.04 Å². The lowest BCUT2D eigenvalue weighted by atomic mass is 10.0. The van der Waals surface area contributed by atoms with Crippen LogP contribution in [0.1, 0.15) is 25.7 Å². The fourth-order valence-corrected chi connectivity index (χ4v) is 2.18. The van der Waals surface area contributed by atoms with E-state index in [1.54, 1.807) is 0 Å². The molecular formula is C12H28N6O. The van der Waals surface area contributed by atoms with Gasteiger partial charge in [0.15, 0.2) is 0 Å². The smallest absolute Gasteiger partial charge is 0.237 e. The molecule has 0 saturated carbocycles. The first-order chi connectivity index (χ1) is 8.99. The normalized spacial score (nSPS) is 19.6. The number of likely N-dealkylation sites (tertiary alicyclic amines) is 1. The van der Waals surface area contributed by atoms with Crippen LogP contribution in [-0.2, 0) is 4.79 Å². The number of amides is 1. The summed E-state index contributed by atoms with van der Waals surface area (Å²) in [5.74, 6) is -0.0494. The molecule has 1 heterocycles. The zero-order chi connectivity index (χ0) is 14.3. The second-order valence-electron chi connectivity index (χ2n) is 5.31. The Hall–Kier alpha value is -0.730. The van der Waals surface area contributed by atoms with Crippen molar-refractivity contribution in [1.82, 2.24) is 15.5 Å². The molecule has 0 aliphatic carbocycles. The molecule has 0 spiro atoms. The van der Waals surface area contributed by atoms with E-state index in [4.69, 9.17) is 17.2 Å². The quantitative estimate of drug-likeness (QED) is 0.272. The summed E-state index contributed by atoms with van der Waals surface area (Å²) in [6.07, 6.45) is 2.91. The highest BCUT2D eigenvalue weighted by Crippen LogP contribution is 2.08. The molecule has 0 aromatic carbocycles. The van der Waals surface area contributed by atoms with Gasteiger partial charge >= 0.3 is 0 Å². The summed E-state index contributed by atoms with van der Waals surface area (Å²) in [6, 6.07) is -0.180. The van der Waals surface area contributed by atoms with E-state index in [1.807, 2.05) is 0 Å². The van der Waals surface area contributed by atoms with E-state index in [0.717, 1.165) is 32.4 Å². The topological polar surface area (TPSA) is 122 Å². The van der Waals surface area contributed by atoms with Crippen LogP contribution in [0.15, 0.2) is 0 Å². The number of hydrogen-bond acceptors (Lipinski definition) is 6. The number of rotatable bonds is 7. The molecule has 0 aromatic rings. The molecule has 8 N–H and O–H groups in total. The fraction of sp³-hybridized carbons (Fsp3) is 0.917. The summed E-state index contributed by atoms with van der Waals surface area (Å²) < 4.78 is 0. The molecule has 1 unspecified atom stereocenters. The molecule has 1 rings (SSSR count). The highest BCUT2D eigenvalue weighted by Gasteiger charge is 2.21. The molecule has 19 heavy (non-hydrogen) atoms. The van der Waals surface area contributed by atoms with Crippen LogP contribution in [0.5, 0.6) is 0 Å². The van der Waals surface area contributed by atoms with Crippen molar-refractivity contribution in [2.24, 2.45) is 17.2 Å². The summed E-state index contributed by atoms with van der Waals surface area (Å²) in [4.78, 5) is 14.2. The summed E-state index contributed by atoms with van der Waals surface area (Å²) in [5.41, 5.74) is 16.6. The highest BCUT2D eigenvalue weighted by atomic mass is 16.2. The van der Waals surface area contributed by atoms with Crippen molar-refractivity contribution in [3.63, 3.8) is 0 Å². The molecular weight excluding hydrogens is 244 g/mol. The van der Waals surface area contributed by atoms with E-state index in [1.165, 1.54) is 0 Å². The van der Waals surface area contributed by atoms with Gasteiger partial charge in [0.1, 0.15) is 6.29 Å². The lowest BCUT2D eigenvalue weighted by Crippen LogP contribution is -2.49. The summed E-state index contributed by atoms with van der Waals surface area (Å²) in [6.45, 7) is 2.73. The molecule has 1 amide bonds. The summed E-state index contributed by atoms with van der Waals surface area (Å²) in [5, 5.41) is 5.92. The third kappa shape index (κ3) is 6.84. The molecule has 7 nitrogen and oxygen atoms in total. The molecule has 1 atom stereocenters. The van der Waals surface area contributed by atoms with Crippen LogP contribution in [0, 0.1) is 0 Å². The Labute approximate surface area is 115 Å². The van der Waals surface area contributed by atoms with E-state index >= 15 is 0 Å². The van der Waals surface area contributed by atoms with E-state index in [2.05, 4.69) is 22.6 Å². The highest BCUT2D eigenvalue weighted by molar-refractivity contribution is 5.81.